The molecule has 7 nitrogen and oxygen atoms in total. The van der Waals surface area contributed by atoms with Crippen molar-refractivity contribution in [1.82, 2.24) is 9.44 Å². The molecule has 1 atom stereocenters. The first kappa shape index (κ1) is 16.1. The third kappa shape index (κ3) is 8.90. The van der Waals surface area contributed by atoms with E-state index in [2.05, 4.69) is 9.46 Å². The van der Waals surface area contributed by atoms with Crippen molar-refractivity contribution in [2.45, 2.75) is 33.3 Å². The minimum atomic E-state index is -3.98. The number of carbonyl (C=O) groups is 1. The van der Waals surface area contributed by atoms with Gasteiger partial charge in [0.2, 0.25) is 0 Å². The average molecular weight is 268 g/mol. The van der Waals surface area contributed by atoms with Gasteiger partial charge in [0.25, 0.3) is 0 Å². The van der Waals surface area contributed by atoms with Crippen LogP contribution >= 0.6 is 0 Å². The van der Waals surface area contributed by atoms with E-state index >= 15 is 0 Å². The van der Waals surface area contributed by atoms with Crippen molar-refractivity contribution in [3.05, 3.63) is 0 Å². The zero-order chi connectivity index (χ0) is 13.7. The summed E-state index contributed by atoms with van der Waals surface area (Å²) in [6.45, 7) is 5.62. The molecular formula is C9H20N2O5S. The van der Waals surface area contributed by atoms with Crippen molar-refractivity contribution < 1.29 is 23.1 Å². The Labute approximate surface area is 102 Å². The average Bonchev–Trinajstić information content (AvgIpc) is 2.11. The SMILES string of the molecule is COC(=O)NS(=O)(=O)NCC(O)CC(C)(C)C. The van der Waals surface area contributed by atoms with Crippen molar-refractivity contribution in [1.29, 1.82) is 0 Å². The van der Waals surface area contributed by atoms with E-state index in [9.17, 15) is 18.3 Å². The fourth-order valence-corrected chi connectivity index (χ4v) is 1.96. The monoisotopic (exact) mass is 268 g/mol. The summed E-state index contributed by atoms with van der Waals surface area (Å²) in [4.78, 5) is 10.7. The number of aliphatic hydroxyl groups excluding tert-OH is 1. The van der Waals surface area contributed by atoms with Gasteiger partial charge in [-0.3, -0.25) is 0 Å². The predicted octanol–water partition coefficient (Wildman–Crippen LogP) is -0.0261. The Hall–Kier alpha value is -0.860. The van der Waals surface area contributed by atoms with Crippen LogP contribution in [-0.2, 0) is 14.9 Å². The molecule has 0 heterocycles. The standard InChI is InChI=1S/C9H20N2O5S/c1-9(2,3)5-7(12)6-10-17(14,15)11-8(13)16-4/h7,10,12H,5-6H2,1-4H3,(H,11,13). The van der Waals surface area contributed by atoms with Crippen LogP contribution in [0.2, 0.25) is 0 Å². The minimum Gasteiger partial charge on any atom is -0.452 e. The summed E-state index contributed by atoms with van der Waals surface area (Å²) in [6, 6.07) is 0. The van der Waals surface area contributed by atoms with Crippen molar-refractivity contribution >= 4 is 16.3 Å². The van der Waals surface area contributed by atoms with Gasteiger partial charge in [-0.25, -0.2) is 9.52 Å². The van der Waals surface area contributed by atoms with Gasteiger partial charge in [-0.15, -0.1) is 0 Å². The largest absolute Gasteiger partial charge is 0.452 e. The van der Waals surface area contributed by atoms with Crippen molar-refractivity contribution in [3.8, 4) is 0 Å². The topological polar surface area (TPSA) is 105 Å². The fraction of sp³-hybridized carbons (Fsp3) is 0.889. The van der Waals surface area contributed by atoms with Gasteiger partial charge < -0.3 is 9.84 Å². The van der Waals surface area contributed by atoms with Crippen LogP contribution in [0.15, 0.2) is 0 Å². The first-order valence-corrected chi connectivity index (χ1v) is 6.57. The lowest BCUT2D eigenvalue weighted by Gasteiger charge is -2.22. The highest BCUT2D eigenvalue weighted by Gasteiger charge is 2.20. The van der Waals surface area contributed by atoms with Crippen LogP contribution < -0.4 is 9.44 Å². The third-order valence-corrected chi connectivity index (χ3v) is 2.74. The molecule has 0 fully saturated rings. The van der Waals surface area contributed by atoms with E-state index in [1.165, 1.54) is 0 Å². The Morgan fingerprint density at radius 3 is 2.35 bits per heavy atom. The molecule has 0 rings (SSSR count). The first-order valence-electron chi connectivity index (χ1n) is 5.09. The van der Waals surface area contributed by atoms with E-state index in [4.69, 9.17) is 0 Å². The van der Waals surface area contributed by atoms with Gasteiger partial charge in [0.1, 0.15) is 0 Å². The molecule has 0 bridgehead atoms. The second-order valence-corrected chi connectivity index (χ2v) is 6.36. The molecule has 3 N–H and O–H groups in total. The van der Waals surface area contributed by atoms with Crippen LogP contribution in [0, 0.1) is 5.41 Å². The fourth-order valence-electron chi connectivity index (χ4n) is 1.17. The van der Waals surface area contributed by atoms with E-state index in [1.54, 1.807) is 4.72 Å². The molecule has 0 radical (unpaired) electrons. The Morgan fingerprint density at radius 1 is 1.41 bits per heavy atom. The molecule has 0 aliphatic heterocycles. The summed E-state index contributed by atoms with van der Waals surface area (Å²) in [5, 5.41) is 9.57. The Balaban J connectivity index is 4.15. The summed E-state index contributed by atoms with van der Waals surface area (Å²) in [7, 11) is -2.92. The number of hydrogen-bond acceptors (Lipinski definition) is 5. The number of carbonyl (C=O) groups excluding carboxylic acids is 1. The number of ether oxygens (including phenoxy) is 1. The molecule has 0 aliphatic carbocycles. The van der Waals surface area contributed by atoms with Gasteiger partial charge in [0.15, 0.2) is 0 Å². The maximum Gasteiger partial charge on any atom is 0.421 e. The molecule has 0 aromatic carbocycles. The highest BCUT2D eigenvalue weighted by Crippen LogP contribution is 2.20. The van der Waals surface area contributed by atoms with Crippen LogP contribution in [0.4, 0.5) is 4.79 Å². The molecule has 17 heavy (non-hydrogen) atoms. The first-order chi connectivity index (χ1) is 7.56. The molecular weight excluding hydrogens is 248 g/mol. The lowest BCUT2D eigenvalue weighted by Crippen LogP contribution is -2.43. The quantitative estimate of drug-likeness (QED) is 0.649. The highest BCUT2D eigenvalue weighted by atomic mass is 32.2. The van der Waals surface area contributed by atoms with Gasteiger partial charge in [-0.1, -0.05) is 20.8 Å². The number of methoxy groups -OCH3 is 1. The smallest absolute Gasteiger partial charge is 0.421 e. The van der Waals surface area contributed by atoms with E-state index in [1.807, 2.05) is 20.8 Å². The van der Waals surface area contributed by atoms with Crippen LogP contribution in [0.25, 0.3) is 0 Å². The molecule has 0 aromatic rings. The van der Waals surface area contributed by atoms with Crippen LogP contribution in [0.3, 0.4) is 0 Å². The van der Waals surface area contributed by atoms with Gasteiger partial charge in [0, 0.05) is 6.54 Å². The predicted molar refractivity (Wildman–Crippen MR) is 62.5 cm³/mol. The second-order valence-electron chi connectivity index (χ2n) is 4.86. The number of aliphatic hydroxyl groups is 1. The maximum atomic E-state index is 11.2. The van der Waals surface area contributed by atoms with Crippen LogP contribution in [-0.4, -0.2) is 39.4 Å². The third-order valence-electron chi connectivity index (χ3n) is 1.76. The molecule has 8 heteroatoms. The summed E-state index contributed by atoms with van der Waals surface area (Å²) in [5.41, 5.74) is -0.110. The second kappa shape index (κ2) is 6.18. The summed E-state index contributed by atoms with van der Waals surface area (Å²) in [6.07, 6.45) is -1.46. The molecule has 1 unspecified atom stereocenters. The van der Waals surface area contributed by atoms with Gasteiger partial charge in [0.05, 0.1) is 13.2 Å². The Morgan fingerprint density at radius 2 is 1.94 bits per heavy atom. The van der Waals surface area contributed by atoms with Crippen molar-refractivity contribution in [2.24, 2.45) is 5.41 Å². The molecule has 0 spiro atoms. The number of hydrogen-bond donors (Lipinski definition) is 3. The van der Waals surface area contributed by atoms with Gasteiger partial charge in [-0.05, 0) is 11.8 Å². The summed E-state index contributed by atoms with van der Waals surface area (Å²) < 4.78 is 30.3. The zero-order valence-electron chi connectivity index (χ0n) is 10.5. The Kier molecular flexibility index (Phi) is 5.86. The lowest BCUT2D eigenvalue weighted by molar-refractivity contribution is 0.124. The van der Waals surface area contributed by atoms with E-state index in [0.29, 0.717) is 6.42 Å². The maximum absolute atomic E-state index is 11.2. The number of amides is 1. The summed E-state index contributed by atoms with van der Waals surface area (Å²) in [5.74, 6) is 0. The van der Waals surface area contributed by atoms with Gasteiger partial charge in [-0.2, -0.15) is 13.1 Å². The Bertz CT molecular complexity index is 347. The molecule has 0 aliphatic rings. The zero-order valence-corrected chi connectivity index (χ0v) is 11.3. The normalized spacial score (nSPS) is 14.2. The lowest BCUT2D eigenvalue weighted by atomic mass is 9.89. The van der Waals surface area contributed by atoms with E-state index in [-0.39, 0.29) is 12.0 Å². The summed E-state index contributed by atoms with van der Waals surface area (Å²) >= 11 is 0. The number of nitrogens with one attached hydrogen (secondary N) is 2. The van der Waals surface area contributed by atoms with Gasteiger partial charge >= 0.3 is 16.3 Å². The minimum absolute atomic E-state index is 0.110. The van der Waals surface area contributed by atoms with Crippen LogP contribution in [0.5, 0.6) is 0 Å². The number of rotatable bonds is 5. The highest BCUT2D eigenvalue weighted by molar-refractivity contribution is 7.88. The van der Waals surface area contributed by atoms with Crippen molar-refractivity contribution in [2.75, 3.05) is 13.7 Å². The van der Waals surface area contributed by atoms with Crippen LogP contribution in [0.1, 0.15) is 27.2 Å². The van der Waals surface area contributed by atoms with E-state index < -0.39 is 22.4 Å². The van der Waals surface area contributed by atoms with E-state index in [0.717, 1.165) is 7.11 Å². The molecule has 0 aromatic heterocycles. The molecule has 0 saturated carbocycles. The molecule has 0 saturated heterocycles. The van der Waals surface area contributed by atoms with Crippen molar-refractivity contribution in [3.63, 3.8) is 0 Å². The molecule has 102 valence electrons. The molecule has 1 amide bonds.